The zero-order chi connectivity index (χ0) is 19.2. The van der Waals surface area contributed by atoms with Gasteiger partial charge in [0.1, 0.15) is 17.2 Å². The molecule has 7 nitrogen and oxygen atoms in total. The fourth-order valence-electron chi connectivity index (χ4n) is 2.22. The summed E-state index contributed by atoms with van der Waals surface area (Å²) in [5.74, 6) is 1.76. The number of benzene rings is 1. The van der Waals surface area contributed by atoms with E-state index in [1.54, 1.807) is 13.0 Å². The first kappa shape index (κ1) is 19.7. The van der Waals surface area contributed by atoms with Gasteiger partial charge in [0.15, 0.2) is 0 Å². The molecule has 2 aromatic rings. The Morgan fingerprint density at radius 3 is 2.50 bits per heavy atom. The number of hydrogen-bond donors (Lipinski definition) is 2. The molecular weight excluding hydrogens is 332 g/mol. The Morgan fingerprint density at radius 1 is 1.19 bits per heavy atom. The molecule has 0 unspecified atom stereocenters. The molecule has 0 saturated carbocycles. The summed E-state index contributed by atoms with van der Waals surface area (Å²) < 4.78 is 11.0. The molecule has 1 heterocycles. The summed E-state index contributed by atoms with van der Waals surface area (Å²) in [6, 6.07) is 9.35. The number of nitrogens with zero attached hydrogens (tertiary/aromatic N) is 2. The molecule has 0 saturated heterocycles. The van der Waals surface area contributed by atoms with E-state index in [0.29, 0.717) is 37.0 Å². The quantitative estimate of drug-likeness (QED) is 0.823. The van der Waals surface area contributed by atoms with Gasteiger partial charge in [-0.15, -0.1) is 0 Å². The van der Waals surface area contributed by atoms with Crippen LogP contribution in [0.5, 0.6) is 11.6 Å². The van der Waals surface area contributed by atoms with E-state index in [1.165, 1.54) is 0 Å². The van der Waals surface area contributed by atoms with Crippen LogP contribution in [-0.4, -0.2) is 28.2 Å². The van der Waals surface area contributed by atoms with Crippen LogP contribution in [0.25, 0.3) is 0 Å². The van der Waals surface area contributed by atoms with Crippen molar-refractivity contribution in [1.29, 1.82) is 0 Å². The summed E-state index contributed by atoms with van der Waals surface area (Å²) in [5, 5.41) is 2.74. The standard InChI is InChI=1S/C19H26N4O3/c1-13-22-15(12-20)11-17(23-13)25-16-7-5-14(6-8-16)9-10-21-18(24)26-19(2,3)4/h5-8,11H,9-10,12,20H2,1-4H3,(H,21,24). The predicted octanol–water partition coefficient (Wildman–Crippen LogP) is 3.10. The Labute approximate surface area is 153 Å². The number of nitrogens with two attached hydrogens (primary N) is 1. The van der Waals surface area contributed by atoms with Crippen LogP contribution in [0.3, 0.4) is 0 Å². The summed E-state index contributed by atoms with van der Waals surface area (Å²) in [6.07, 6.45) is 0.288. The number of alkyl carbamates (subject to hydrolysis) is 1. The normalized spacial score (nSPS) is 11.1. The highest BCUT2D eigenvalue weighted by Crippen LogP contribution is 2.20. The molecule has 3 N–H and O–H groups in total. The number of carbonyl (C=O) groups is 1. The fraction of sp³-hybridized carbons (Fsp3) is 0.421. The summed E-state index contributed by atoms with van der Waals surface area (Å²) >= 11 is 0. The number of hydrogen-bond acceptors (Lipinski definition) is 6. The minimum Gasteiger partial charge on any atom is -0.444 e. The van der Waals surface area contributed by atoms with Gasteiger partial charge in [0.2, 0.25) is 5.88 Å². The van der Waals surface area contributed by atoms with E-state index in [4.69, 9.17) is 15.2 Å². The van der Waals surface area contributed by atoms with Gasteiger partial charge in [-0.1, -0.05) is 12.1 Å². The van der Waals surface area contributed by atoms with Crippen LogP contribution in [-0.2, 0) is 17.7 Å². The smallest absolute Gasteiger partial charge is 0.407 e. The average molecular weight is 358 g/mol. The van der Waals surface area contributed by atoms with Crippen molar-refractivity contribution in [2.75, 3.05) is 6.54 Å². The lowest BCUT2D eigenvalue weighted by molar-refractivity contribution is 0.0528. The molecule has 0 aliphatic heterocycles. The molecule has 0 spiro atoms. The second kappa shape index (κ2) is 8.62. The van der Waals surface area contributed by atoms with Crippen LogP contribution >= 0.6 is 0 Å². The minimum absolute atomic E-state index is 0.337. The summed E-state index contributed by atoms with van der Waals surface area (Å²) in [4.78, 5) is 20.1. The van der Waals surface area contributed by atoms with Crippen molar-refractivity contribution in [2.45, 2.75) is 46.3 Å². The summed E-state index contributed by atoms with van der Waals surface area (Å²) in [6.45, 7) is 8.14. The largest absolute Gasteiger partial charge is 0.444 e. The summed E-state index contributed by atoms with van der Waals surface area (Å²) in [5.41, 5.74) is 6.94. The maximum absolute atomic E-state index is 11.6. The van der Waals surface area contributed by atoms with Crippen LogP contribution in [0.15, 0.2) is 30.3 Å². The molecular formula is C19H26N4O3. The molecule has 140 valence electrons. The van der Waals surface area contributed by atoms with Crippen LogP contribution in [0.1, 0.15) is 37.9 Å². The highest BCUT2D eigenvalue weighted by Gasteiger charge is 2.15. The van der Waals surface area contributed by atoms with Gasteiger partial charge in [-0.2, -0.15) is 4.98 Å². The number of ether oxygens (including phenoxy) is 2. The number of aryl methyl sites for hydroxylation is 1. The molecule has 1 aromatic carbocycles. The zero-order valence-corrected chi connectivity index (χ0v) is 15.7. The Morgan fingerprint density at radius 2 is 1.88 bits per heavy atom. The molecule has 0 aliphatic carbocycles. The molecule has 0 radical (unpaired) electrons. The number of nitrogens with one attached hydrogen (secondary N) is 1. The molecule has 26 heavy (non-hydrogen) atoms. The summed E-state index contributed by atoms with van der Waals surface area (Å²) in [7, 11) is 0. The third kappa shape index (κ3) is 6.68. The van der Waals surface area contributed by atoms with Crippen LogP contribution in [0, 0.1) is 6.92 Å². The second-order valence-electron chi connectivity index (χ2n) is 6.87. The van der Waals surface area contributed by atoms with E-state index in [1.807, 2.05) is 45.0 Å². The molecule has 7 heteroatoms. The maximum Gasteiger partial charge on any atom is 0.407 e. The van der Waals surface area contributed by atoms with E-state index < -0.39 is 11.7 Å². The molecule has 1 amide bonds. The van der Waals surface area contributed by atoms with Crippen LogP contribution < -0.4 is 15.8 Å². The first-order valence-electron chi connectivity index (χ1n) is 8.53. The third-order valence-electron chi connectivity index (χ3n) is 3.30. The van der Waals surface area contributed by atoms with Gasteiger partial charge in [0.25, 0.3) is 0 Å². The van der Waals surface area contributed by atoms with Crippen molar-refractivity contribution in [3.63, 3.8) is 0 Å². The van der Waals surface area contributed by atoms with Gasteiger partial charge in [-0.25, -0.2) is 9.78 Å². The molecule has 0 fully saturated rings. The van der Waals surface area contributed by atoms with Crippen molar-refractivity contribution in [3.05, 3.63) is 47.4 Å². The topological polar surface area (TPSA) is 99.4 Å². The Bertz CT molecular complexity index is 739. The average Bonchev–Trinajstić information content (AvgIpc) is 2.54. The minimum atomic E-state index is -0.494. The van der Waals surface area contributed by atoms with Gasteiger partial charge in [0, 0.05) is 19.2 Å². The predicted molar refractivity (Wildman–Crippen MR) is 99.1 cm³/mol. The number of amides is 1. The van der Waals surface area contributed by atoms with Crippen molar-refractivity contribution in [1.82, 2.24) is 15.3 Å². The zero-order valence-electron chi connectivity index (χ0n) is 15.7. The number of carbonyl (C=O) groups excluding carboxylic acids is 1. The maximum atomic E-state index is 11.6. The fourth-order valence-corrected chi connectivity index (χ4v) is 2.22. The first-order valence-corrected chi connectivity index (χ1v) is 8.53. The molecule has 0 aliphatic rings. The molecule has 2 rings (SSSR count). The van der Waals surface area contributed by atoms with E-state index in [-0.39, 0.29) is 0 Å². The lowest BCUT2D eigenvalue weighted by atomic mass is 10.1. The van der Waals surface area contributed by atoms with E-state index >= 15 is 0 Å². The lowest BCUT2D eigenvalue weighted by Gasteiger charge is -2.19. The monoisotopic (exact) mass is 358 g/mol. The molecule has 0 bridgehead atoms. The van der Waals surface area contributed by atoms with Crippen molar-refractivity contribution in [2.24, 2.45) is 5.73 Å². The second-order valence-corrected chi connectivity index (χ2v) is 6.87. The Kier molecular flexibility index (Phi) is 6.52. The van der Waals surface area contributed by atoms with E-state index in [9.17, 15) is 4.79 Å². The molecule has 1 aromatic heterocycles. The van der Waals surface area contributed by atoms with E-state index in [2.05, 4.69) is 15.3 Å². The SMILES string of the molecule is Cc1nc(CN)cc(Oc2ccc(CCNC(=O)OC(C)(C)C)cc2)n1. The van der Waals surface area contributed by atoms with Gasteiger partial charge >= 0.3 is 6.09 Å². The Hall–Kier alpha value is -2.67. The van der Waals surface area contributed by atoms with E-state index in [0.717, 1.165) is 11.3 Å². The third-order valence-corrected chi connectivity index (χ3v) is 3.30. The van der Waals surface area contributed by atoms with Gasteiger partial charge < -0.3 is 20.5 Å². The Balaban J connectivity index is 1.86. The highest BCUT2D eigenvalue weighted by molar-refractivity contribution is 5.67. The van der Waals surface area contributed by atoms with Crippen LogP contribution in [0.2, 0.25) is 0 Å². The number of aromatic nitrogens is 2. The van der Waals surface area contributed by atoms with Gasteiger partial charge in [0.05, 0.1) is 5.69 Å². The van der Waals surface area contributed by atoms with Gasteiger partial charge in [-0.3, -0.25) is 0 Å². The number of rotatable bonds is 6. The molecule has 0 atom stereocenters. The van der Waals surface area contributed by atoms with Crippen molar-refractivity contribution in [3.8, 4) is 11.6 Å². The van der Waals surface area contributed by atoms with Crippen molar-refractivity contribution < 1.29 is 14.3 Å². The van der Waals surface area contributed by atoms with Crippen molar-refractivity contribution >= 4 is 6.09 Å². The van der Waals surface area contributed by atoms with Gasteiger partial charge in [-0.05, 0) is 51.8 Å². The highest BCUT2D eigenvalue weighted by atomic mass is 16.6. The lowest BCUT2D eigenvalue weighted by Crippen LogP contribution is -2.33. The van der Waals surface area contributed by atoms with Crippen LogP contribution in [0.4, 0.5) is 4.79 Å². The first-order chi connectivity index (χ1) is 12.2.